The van der Waals surface area contributed by atoms with E-state index in [1.165, 1.54) is 12.1 Å². The maximum absolute atomic E-state index is 12.2. The van der Waals surface area contributed by atoms with E-state index in [1.54, 1.807) is 19.9 Å². The van der Waals surface area contributed by atoms with Crippen LogP contribution in [0.25, 0.3) is 0 Å². The number of benzene rings is 1. The highest BCUT2D eigenvalue weighted by Gasteiger charge is 2.29. The summed E-state index contributed by atoms with van der Waals surface area (Å²) in [6, 6.07) is 4.27. The number of nitrogens with zero attached hydrogens (tertiary/aromatic N) is 1. The van der Waals surface area contributed by atoms with Gasteiger partial charge in [0.1, 0.15) is 10.9 Å². The van der Waals surface area contributed by atoms with Gasteiger partial charge in [0.25, 0.3) is 0 Å². The minimum atomic E-state index is -4.13. The number of carbonyl (C=O) groups is 1. The predicted molar refractivity (Wildman–Crippen MR) is 72.8 cm³/mol. The van der Waals surface area contributed by atoms with Gasteiger partial charge in [0.05, 0.1) is 16.7 Å². The number of sulfonamides is 1. The van der Waals surface area contributed by atoms with Crippen molar-refractivity contribution < 1.29 is 18.3 Å². The molecule has 108 valence electrons. The fraction of sp³-hybridized carbons (Fsp3) is 0.333. The first-order chi connectivity index (χ1) is 9.19. The van der Waals surface area contributed by atoms with Crippen LogP contribution in [0, 0.1) is 17.2 Å². The molecule has 0 saturated heterocycles. The van der Waals surface area contributed by atoms with Crippen LogP contribution in [-0.2, 0) is 14.8 Å². The lowest BCUT2D eigenvalue weighted by molar-refractivity contribution is -0.140. The number of aliphatic carboxylic acids is 1. The van der Waals surface area contributed by atoms with Crippen LogP contribution in [0.4, 0.5) is 0 Å². The van der Waals surface area contributed by atoms with Gasteiger partial charge in [-0.25, -0.2) is 8.42 Å². The van der Waals surface area contributed by atoms with Gasteiger partial charge >= 0.3 is 5.97 Å². The lowest BCUT2D eigenvalue weighted by Crippen LogP contribution is -2.44. The van der Waals surface area contributed by atoms with E-state index in [9.17, 15) is 13.2 Å². The van der Waals surface area contributed by atoms with Crippen molar-refractivity contribution >= 4 is 27.6 Å². The van der Waals surface area contributed by atoms with Gasteiger partial charge in [0, 0.05) is 0 Å². The molecule has 0 aliphatic carbocycles. The minimum Gasteiger partial charge on any atom is -0.480 e. The van der Waals surface area contributed by atoms with E-state index in [0.717, 1.165) is 6.07 Å². The largest absolute Gasteiger partial charge is 0.480 e. The van der Waals surface area contributed by atoms with Crippen molar-refractivity contribution in [2.75, 3.05) is 0 Å². The maximum Gasteiger partial charge on any atom is 0.322 e. The van der Waals surface area contributed by atoms with Crippen LogP contribution in [-0.4, -0.2) is 25.5 Å². The Morgan fingerprint density at radius 1 is 1.45 bits per heavy atom. The maximum atomic E-state index is 12.2. The molecule has 1 aromatic rings. The Morgan fingerprint density at radius 3 is 2.50 bits per heavy atom. The molecule has 1 aromatic carbocycles. The van der Waals surface area contributed by atoms with Crippen molar-refractivity contribution in [3.05, 3.63) is 28.8 Å². The van der Waals surface area contributed by atoms with Crippen LogP contribution < -0.4 is 4.72 Å². The SMILES string of the molecule is CC(C)[C@@H](NS(=O)(=O)c1cc(C#N)ccc1Cl)C(=O)O. The van der Waals surface area contributed by atoms with Crippen LogP contribution in [0.15, 0.2) is 23.1 Å². The first-order valence-electron chi connectivity index (χ1n) is 5.64. The molecule has 0 fully saturated rings. The van der Waals surface area contributed by atoms with Gasteiger partial charge in [-0.1, -0.05) is 25.4 Å². The molecule has 0 amide bonds. The number of hydrogen-bond acceptors (Lipinski definition) is 4. The summed E-state index contributed by atoms with van der Waals surface area (Å²) >= 11 is 5.80. The van der Waals surface area contributed by atoms with E-state index in [0.29, 0.717) is 0 Å². The molecule has 20 heavy (non-hydrogen) atoms. The van der Waals surface area contributed by atoms with Crippen LogP contribution in [0.1, 0.15) is 19.4 Å². The van der Waals surface area contributed by atoms with Gasteiger partial charge in [0.15, 0.2) is 0 Å². The third kappa shape index (κ3) is 3.70. The van der Waals surface area contributed by atoms with E-state index in [1.807, 2.05) is 0 Å². The average Bonchev–Trinajstić information content (AvgIpc) is 2.35. The number of halogens is 1. The Hall–Kier alpha value is -1.62. The number of nitrogens with one attached hydrogen (secondary N) is 1. The number of nitriles is 1. The van der Waals surface area contributed by atoms with Crippen molar-refractivity contribution in [2.24, 2.45) is 5.92 Å². The predicted octanol–water partition coefficient (Wildman–Crippen LogP) is 1.60. The molecule has 6 nitrogen and oxygen atoms in total. The van der Waals surface area contributed by atoms with Crippen molar-refractivity contribution in [3.8, 4) is 6.07 Å². The van der Waals surface area contributed by atoms with Crippen LogP contribution in [0.3, 0.4) is 0 Å². The van der Waals surface area contributed by atoms with Crippen molar-refractivity contribution in [3.63, 3.8) is 0 Å². The van der Waals surface area contributed by atoms with Gasteiger partial charge in [-0.2, -0.15) is 9.98 Å². The Kier molecular flexibility index (Phi) is 5.11. The van der Waals surface area contributed by atoms with Crippen molar-refractivity contribution in [1.29, 1.82) is 5.26 Å². The Balaban J connectivity index is 3.24. The van der Waals surface area contributed by atoms with E-state index < -0.39 is 28.0 Å². The van der Waals surface area contributed by atoms with Crippen molar-refractivity contribution in [1.82, 2.24) is 4.72 Å². The molecule has 8 heteroatoms. The fourth-order valence-electron chi connectivity index (χ4n) is 1.48. The van der Waals surface area contributed by atoms with Gasteiger partial charge in [-0.15, -0.1) is 0 Å². The van der Waals surface area contributed by atoms with E-state index in [2.05, 4.69) is 4.72 Å². The zero-order chi connectivity index (χ0) is 15.5. The minimum absolute atomic E-state index is 0.0793. The normalized spacial score (nSPS) is 12.9. The van der Waals surface area contributed by atoms with Gasteiger partial charge in [0.2, 0.25) is 10.0 Å². The summed E-state index contributed by atoms with van der Waals surface area (Å²) in [5.41, 5.74) is 0.117. The highest BCUT2D eigenvalue weighted by Crippen LogP contribution is 2.23. The molecule has 0 aliphatic rings. The molecule has 0 unspecified atom stereocenters. The molecule has 1 rings (SSSR count). The second kappa shape index (κ2) is 6.22. The lowest BCUT2D eigenvalue weighted by atomic mass is 10.1. The molecular formula is C12H13ClN2O4S. The fourth-order valence-corrected chi connectivity index (χ4v) is 3.34. The van der Waals surface area contributed by atoms with Crippen LogP contribution in [0.2, 0.25) is 5.02 Å². The molecular weight excluding hydrogens is 304 g/mol. The van der Waals surface area contributed by atoms with Crippen LogP contribution >= 0.6 is 11.6 Å². The number of rotatable bonds is 5. The summed E-state index contributed by atoms with van der Waals surface area (Å²) < 4.78 is 26.4. The monoisotopic (exact) mass is 316 g/mol. The highest BCUT2D eigenvalue weighted by atomic mass is 35.5. The molecule has 0 spiro atoms. The van der Waals surface area contributed by atoms with E-state index in [4.69, 9.17) is 22.0 Å². The van der Waals surface area contributed by atoms with Gasteiger partial charge < -0.3 is 5.11 Å². The summed E-state index contributed by atoms with van der Waals surface area (Å²) in [4.78, 5) is 10.7. The summed E-state index contributed by atoms with van der Waals surface area (Å²) in [5, 5.41) is 17.7. The smallest absolute Gasteiger partial charge is 0.322 e. The second-order valence-electron chi connectivity index (χ2n) is 4.44. The first-order valence-corrected chi connectivity index (χ1v) is 7.50. The Bertz CT molecular complexity index is 665. The molecule has 2 N–H and O–H groups in total. The first kappa shape index (κ1) is 16.4. The Morgan fingerprint density at radius 2 is 2.05 bits per heavy atom. The second-order valence-corrected chi connectivity index (χ2v) is 6.53. The molecule has 0 bridgehead atoms. The van der Waals surface area contributed by atoms with Crippen molar-refractivity contribution in [2.45, 2.75) is 24.8 Å². The standard InChI is InChI=1S/C12H13ClN2O4S/c1-7(2)11(12(16)17)15-20(18,19)10-5-8(6-14)3-4-9(10)13/h3-5,7,11,15H,1-2H3,(H,16,17)/t11-/m1/s1. The summed E-state index contributed by atoms with van der Waals surface area (Å²) in [5.74, 6) is -1.73. The topological polar surface area (TPSA) is 107 Å². The summed E-state index contributed by atoms with van der Waals surface area (Å²) in [7, 11) is -4.13. The summed E-state index contributed by atoms with van der Waals surface area (Å²) in [6.45, 7) is 3.16. The zero-order valence-corrected chi connectivity index (χ0v) is 12.4. The Labute approximate surface area is 122 Å². The van der Waals surface area contributed by atoms with E-state index >= 15 is 0 Å². The molecule has 0 saturated carbocycles. The molecule has 0 aliphatic heterocycles. The quantitative estimate of drug-likeness (QED) is 0.858. The van der Waals surface area contributed by atoms with Gasteiger partial charge in [-0.3, -0.25) is 4.79 Å². The molecule has 0 radical (unpaired) electrons. The zero-order valence-electron chi connectivity index (χ0n) is 10.8. The number of hydrogen-bond donors (Lipinski definition) is 2. The van der Waals surface area contributed by atoms with Gasteiger partial charge in [-0.05, 0) is 24.1 Å². The number of carboxylic acids is 1. The molecule has 1 atom stereocenters. The molecule has 0 aromatic heterocycles. The third-order valence-electron chi connectivity index (χ3n) is 2.56. The highest BCUT2D eigenvalue weighted by molar-refractivity contribution is 7.89. The van der Waals surface area contributed by atoms with E-state index in [-0.39, 0.29) is 15.5 Å². The molecule has 0 heterocycles. The average molecular weight is 317 g/mol. The summed E-state index contributed by atoms with van der Waals surface area (Å²) in [6.07, 6.45) is 0. The van der Waals surface area contributed by atoms with Crippen LogP contribution in [0.5, 0.6) is 0 Å². The third-order valence-corrected chi connectivity index (χ3v) is 4.49. The number of carboxylic acid groups (broad SMARTS) is 1. The lowest BCUT2D eigenvalue weighted by Gasteiger charge is -2.18.